The minimum Gasteiger partial charge on any atom is -0.376 e. The van der Waals surface area contributed by atoms with Crippen molar-refractivity contribution >= 4 is 0 Å². The molecule has 0 heterocycles. The molecule has 0 radical (unpaired) electrons. The monoisotopic (exact) mass is 256 g/mol. The van der Waals surface area contributed by atoms with Crippen LogP contribution in [0.4, 0.5) is 0 Å². The number of hydrogen-bond donors (Lipinski definition) is 0. The van der Waals surface area contributed by atoms with Gasteiger partial charge in [-0.15, -0.1) is 0 Å². The molecular weight excluding hydrogens is 232 g/mol. The lowest BCUT2D eigenvalue weighted by Gasteiger charge is -2.18. The molecule has 2 bridgehead atoms. The fraction of sp³-hybridized carbons (Fsp3) is 0.556. The molecule has 0 saturated heterocycles. The molecule has 2 aliphatic rings. The Morgan fingerprint density at radius 2 is 1.84 bits per heavy atom. The molecule has 102 valence electrons. The van der Waals surface area contributed by atoms with Gasteiger partial charge in [0.1, 0.15) is 0 Å². The van der Waals surface area contributed by atoms with Crippen LogP contribution in [-0.4, -0.2) is 6.61 Å². The number of fused-ring (bicyclic) bond motifs is 2. The van der Waals surface area contributed by atoms with Crippen LogP contribution in [0.3, 0.4) is 0 Å². The van der Waals surface area contributed by atoms with E-state index in [1.807, 2.05) is 0 Å². The summed E-state index contributed by atoms with van der Waals surface area (Å²) < 4.78 is 5.92. The van der Waals surface area contributed by atoms with Crippen molar-refractivity contribution in [1.82, 2.24) is 0 Å². The number of aryl methyl sites for hydroxylation is 1. The van der Waals surface area contributed by atoms with Crippen LogP contribution in [0.1, 0.15) is 37.3 Å². The van der Waals surface area contributed by atoms with E-state index in [1.165, 1.54) is 36.8 Å². The summed E-state index contributed by atoms with van der Waals surface area (Å²) in [6.45, 7) is 3.92. The van der Waals surface area contributed by atoms with Crippen LogP contribution in [0, 0.1) is 17.8 Å². The highest BCUT2D eigenvalue weighted by molar-refractivity contribution is 5.22. The molecule has 3 rings (SSSR count). The van der Waals surface area contributed by atoms with E-state index in [1.54, 1.807) is 0 Å². The molecule has 1 aromatic carbocycles. The highest BCUT2D eigenvalue weighted by Crippen LogP contribution is 2.43. The molecule has 1 saturated carbocycles. The fourth-order valence-electron chi connectivity index (χ4n) is 3.51. The van der Waals surface area contributed by atoms with Gasteiger partial charge in [-0.25, -0.2) is 0 Å². The molecule has 0 spiro atoms. The molecule has 3 atom stereocenters. The highest BCUT2D eigenvalue weighted by atomic mass is 16.5. The van der Waals surface area contributed by atoms with E-state index < -0.39 is 0 Å². The first-order valence-corrected chi connectivity index (χ1v) is 7.69. The second-order valence-electron chi connectivity index (χ2n) is 6.12. The van der Waals surface area contributed by atoms with Crippen molar-refractivity contribution in [3.05, 3.63) is 47.5 Å². The van der Waals surface area contributed by atoms with Crippen molar-refractivity contribution < 1.29 is 4.74 Å². The molecule has 1 aromatic rings. The number of allylic oxidation sites excluding steroid dienone is 2. The van der Waals surface area contributed by atoms with Crippen LogP contribution < -0.4 is 0 Å². The Hall–Kier alpha value is -1.08. The van der Waals surface area contributed by atoms with Crippen LogP contribution in [0.25, 0.3) is 0 Å². The van der Waals surface area contributed by atoms with Crippen LogP contribution >= 0.6 is 0 Å². The van der Waals surface area contributed by atoms with Crippen molar-refractivity contribution in [3.8, 4) is 0 Å². The van der Waals surface area contributed by atoms with Gasteiger partial charge in [0.25, 0.3) is 0 Å². The molecule has 19 heavy (non-hydrogen) atoms. The van der Waals surface area contributed by atoms with Crippen LogP contribution in [0.15, 0.2) is 36.4 Å². The maximum absolute atomic E-state index is 5.92. The van der Waals surface area contributed by atoms with Gasteiger partial charge >= 0.3 is 0 Å². The Morgan fingerprint density at radius 1 is 1.05 bits per heavy atom. The number of benzene rings is 1. The summed E-state index contributed by atoms with van der Waals surface area (Å²) in [5.41, 5.74) is 2.74. The Morgan fingerprint density at radius 3 is 2.47 bits per heavy atom. The summed E-state index contributed by atoms with van der Waals surface area (Å²) in [7, 11) is 0. The summed E-state index contributed by atoms with van der Waals surface area (Å²) in [5.74, 6) is 2.43. The SMILES string of the molecule is CCCc1ccc(COCC2CC3C=CC2C3)cc1. The Kier molecular flexibility index (Phi) is 4.03. The van der Waals surface area contributed by atoms with E-state index >= 15 is 0 Å². The molecule has 0 aromatic heterocycles. The van der Waals surface area contributed by atoms with Gasteiger partial charge < -0.3 is 4.74 Å². The van der Waals surface area contributed by atoms with E-state index in [9.17, 15) is 0 Å². The maximum Gasteiger partial charge on any atom is 0.0717 e. The zero-order valence-corrected chi connectivity index (χ0v) is 11.8. The first kappa shape index (κ1) is 12.9. The molecule has 1 heteroatoms. The Labute approximate surface area is 116 Å². The largest absolute Gasteiger partial charge is 0.376 e. The van der Waals surface area contributed by atoms with Gasteiger partial charge in [-0.05, 0) is 48.1 Å². The first-order valence-electron chi connectivity index (χ1n) is 7.69. The number of hydrogen-bond acceptors (Lipinski definition) is 1. The van der Waals surface area contributed by atoms with Gasteiger partial charge in [-0.2, -0.15) is 0 Å². The number of rotatable bonds is 6. The van der Waals surface area contributed by atoms with E-state index in [4.69, 9.17) is 4.74 Å². The van der Waals surface area contributed by atoms with E-state index in [2.05, 4.69) is 43.3 Å². The van der Waals surface area contributed by atoms with E-state index in [-0.39, 0.29) is 0 Å². The van der Waals surface area contributed by atoms with Crippen molar-refractivity contribution in [1.29, 1.82) is 0 Å². The van der Waals surface area contributed by atoms with Gasteiger partial charge in [-0.3, -0.25) is 0 Å². The standard InChI is InChI=1S/C18H24O/c1-2-3-14-4-6-15(7-5-14)12-19-13-18-11-16-8-9-17(18)10-16/h4-9,16-18H,2-3,10-13H2,1H3. The molecule has 0 aliphatic heterocycles. The Bertz CT molecular complexity index is 432. The average molecular weight is 256 g/mol. The van der Waals surface area contributed by atoms with Crippen LogP contribution in [0.5, 0.6) is 0 Å². The topological polar surface area (TPSA) is 9.23 Å². The van der Waals surface area contributed by atoms with Gasteiger partial charge in [0.15, 0.2) is 0 Å². The van der Waals surface area contributed by atoms with Gasteiger partial charge in [0, 0.05) is 0 Å². The summed E-state index contributed by atoms with van der Waals surface area (Å²) in [5, 5.41) is 0. The summed E-state index contributed by atoms with van der Waals surface area (Å²) in [4.78, 5) is 0. The minimum atomic E-state index is 0.768. The molecule has 2 aliphatic carbocycles. The normalized spacial score (nSPS) is 28.2. The van der Waals surface area contributed by atoms with E-state index in [0.717, 1.165) is 31.0 Å². The lowest BCUT2D eigenvalue weighted by Crippen LogP contribution is -2.14. The maximum atomic E-state index is 5.92. The molecule has 1 fully saturated rings. The molecule has 3 unspecified atom stereocenters. The van der Waals surface area contributed by atoms with E-state index in [0.29, 0.717) is 0 Å². The van der Waals surface area contributed by atoms with Crippen molar-refractivity contribution in [3.63, 3.8) is 0 Å². The lowest BCUT2D eigenvalue weighted by atomic mass is 9.95. The van der Waals surface area contributed by atoms with Gasteiger partial charge in [-0.1, -0.05) is 49.8 Å². The molecular formula is C18H24O. The fourth-order valence-corrected chi connectivity index (χ4v) is 3.51. The summed E-state index contributed by atoms with van der Waals surface area (Å²) in [6, 6.07) is 8.91. The summed E-state index contributed by atoms with van der Waals surface area (Å²) >= 11 is 0. The second kappa shape index (κ2) is 5.92. The summed E-state index contributed by atoms with van der Waals surface area (Å²) in [6.07, 6.45) is 9.91. The van der Waals surface area contributed by atoms with Crippen molar-refractivity contribution in [2.24, 2.45) is 17.8 Å². The predicted molar refractivity (Wildman–Crippen MR) is 78.9 cm³/mol. The predicted octanol–water partition coefficient (Wildman–Crippen LogP) is 4.37. The van der Waals surface area contributed by atoms with Crippen LogP contribution in [-0.2, 0) is 17.8 Å². The number of ether oxygens (including phenoxy) is 1. The van der Waals surface area contributed by atoms with Crippen molar-refractivity contribution in [2.45, 2.75) is 39.2 Å². The molecule has 1 nitrogen and oxygen atoms in total. The van der Waals surface area contributed by atoms with Gasteiger partial charge in [0.2, 0.25) is 0 Å². The molecule has 0 N–H and O–H groups in total. The average Bonchev–Trinajstić information content (AvgIpc) is 3.03. The van der Waals surface area contributed by atoms with Crippen molar-refractivity contribution in [2.75, 3.05) is 6.61 Å². The first-order chi connectivity index (χ1) is 9.35. The smallest absolute Gasteiger partial charge is 0.0717 e. The van der Waals surface area contributed by atoms with Gasteiger partial charge in [0.05, 0.1) is 13.2 Å². The second-order valence-corrected chi connectivity index (χ2v) is 6.12. The third-order valence-corrected chi connectivity index (χ3v) is 4.58. The third-order valence-electron chi connectivity index (χ3n) is 4.58. The molecule has 0 amide bonds. The van der Waals surface area contributed by atoms with Crippen LogP contribution in [0.2, 0.25) is 0 Å². The lowest BCUT2D eigenvalue weighted by molar-refractivity contribution is 0.0788. The minimum absolute atomic E-state index is 0.768. The Balaban J connectivity index is 1.43. The third kappa shape index (κ3) is 3.09. The quantitative estimate of drug-likeness (QED) is 0.687. The zero-order chi connectivity index (χ0) is 13.1. The highest BCUT2D eigenvalue weighted by Gasteiger charge is 2.35. The zero-order valence-electron chi connectivity index (χ0n) is 11.8.